The number of benzene rings is 1. The highest BCUT2D eigenvalue weighted by Gasteiger charge is 2.05. The predicted molar refractivity (Wildman–Crippen MR) is 84.8 cm³/mol. The van der Waals surface area contributed by atoms with Crippen molar-refractivity contribution < 1.29 is 0 Å². The van der Waals surface area contributed by atoms with E-state index in [1.807, 2.05) is 6.07 Å². The fraction of sp³-hybridized carbons (Fsp3) is 0.250. The van der Waals surface area contributed by atoms with E-state index in [1.54, 1.807) is 10.8 Å². The average molecular weight is 281 g/mol. The van der Waals surface area contributed by atoms with Crippen LogP contribution in [-0.4, -0.2) is 21.1 Å². The summed E-state index contributed by atoms with van der Waals surface area (Å²) in [6, 6.07) is 12.5. The van der Waals surface area contributed by atoms with Crippen LogP contribution in [0.15, 0.2) is 42.7 Å². The van der Waals surface area contributed by atoms with E-state index >= 15 is 0 Å². The summed E-state index contributed by atoms with van der Waals surface area (Å²) in [5.41, 5.74) is 9.90. The third-order valence-electron chi connectivity index (χ3n) is 3.39. The number of hydrogen-bond donors (Lipinski definition) is 2. The smallest absolute Gasteiger partial charge is 0.157 e. The van der Waals surface area contributed by atoms with Gasteiger partial charge in [-0.05, 0) is 61.7 Å². The number of fused-ring (bicyclic) bond motifs is 1. The summed E-state index contributed by atoms with van der Waals surface area (Å²) in [6.45, 7) is 2.77. The number of rotatable bonds is 5. The third-order valence-corrected chi connectivity index (χ3v) is 3.39. The normalized spacial score (nSPS) is 11.0. The van der Waals surface area contributed by atoms with Crippen molar-refractivity contribution in [1.82, 2.24) is 14.6 Å². The minimum absolute atomic E-state index is 0.717. The van der Waals surface area contributed by atoms with E-state index in [2.05, 4.69) is 52.7 Å². The Kier molecular flexibility index (Phi) is 3.83. The fourth-order valence-corrected chi connectivity index (χ4v) is 2.40. The molecule has 3 rings (SSSR count). The molecule has 3 aromatic rings. The highest BCUT2D eigenvalue weighted by molar-refractivity contribution is 5.61. The van der Waals surface area contributed by atoms with Gasteiger partial charge in [-0.1, -0.05) is 12.1 Å². The van der Waals surface area contributed by atoms with Crippen LogP contribution in [0.4, 0.5) is 11.5 Å². The molecule has 0 fully saturated rings. The van der Waals surface area contributed by atoms with E-state index in [0.29, 0.717) is 0 Å². The van der Waals surface area contributed by atoms with Crippen molar-refractivity contribution in [3.8, 4) is 0 Å². The van der Waals surface area contributed by atoms with Gasteiger partial charge in [-0.2, -0.15) is 9.61 Å². The average Bonchev–Trinajstić information content (AvgIpc) is 2.94. The molecule has 0 spiro atoms. The Bertz CT molecular complexity index is 747. The van der Waals surface area contributed by atoms with E-state index < -0.39 is 0 Å². The molecule has 0 radical (unpaired) electrons. The number of nitrogens with two attached hydrogens (primary N) is 1. The zero-order chi connectivity index (χ0) is 14.7. The van der Waals surface area contributed by atoms with Gasteiger partial charge >= 0.3 is 0 Å². The van der Waals surface area contributed by atoms with Gasteiger partial charge in [0.15, 0.2) is 5.65 Å². The van der Waals surface area contributed by atoms with Gasteiger partial charge in [0.25, 0.3) is 0 Å². The van der Waals surface area contributed by atoms with Crippen LogP contribution < -0.4 is 11.1 Å². The predicted octanol–water partition coefficient (Wildman–Crippen LogP) is 2.67. The highest BCUT2D eigenvalue weighted by Crippen LogP contribution is 2.20. The Morgan fingerprint density at radius 2 is 2.14 bits per heavy atom. The Morgan fingerprint density at radius 3 is 3.00 bits per heavy atom. The second-order valence-corrected chi connectivity index (χ2v) is 5.17. The van der Waals surface area contributed by atoms with Crippen molar-refractivity contribution in [3.63, 3.8) is 0 Å². The number of anilines is 2. The first kappa shape index (κ1) is 13.6. The lowest BCUT2D eigenvalue weighted by molar-refractivity contribution is 0.833. The van der Waals surface area contributed by atoms with Crippen LogP contribution in [0.1, 0.15) is 17.5 Å². The first-order valence-electron chi connectivity index (χ1n) is 7.13. The summed E-state index contributed by atoms with van der Waals surface area (Å²) in [4.78, 5) is 4.24. The molecule has 1 aromatic carbocycles. The number of nitrogens with one attached hydrogen (secondary N) is 1. The second kappa shape index (κ2) is 5.93. The van der Waals surface area contributed by atoms with Gasteiger partial charge in [-0.3, -0.25) is 0 Å². The maximum absolute atomic E-state index is 5.57. The number of nitrogens with zero attached hydrogens (tertiary/aromatic N) is 3. The largest absolute Gasteiger partial charge is 0.340 e. The first-order chi connectivity index (χ1) is 10.3. The van der Waals surface area contributed by atoms with Gasteiger partial charge in [0.05, 0.1) is 0 Å². The maximum atomic E-state index is 5.57. The standard InChI is InChI=1S/C16H19N5/c1-12-8-15-18-11-19-21(15)16(9-12)20-14-6-2-4-13(10-14)5-3-7-17/h2,4,6,8-11,20H,3,5,7,17H2,1H3. The lowest BCUT2D eigenvalue weighted by Crippen LogP contribution is -2.02. The summed E-state index contributed by atoms with van der Waals surface area (Å²) in [7, 11) is 0. The van der Waals surface area contributed by atoms with Crippen molar-refractivity contribution in [2.45, 2.75) is 19.8 Å². The van der Waals surface area contributed by atoms with Gasteiger partial charge in [0, 0.05) is 5.69 Å². The Morgan fingerprint density at radius 1 is 1.24 bits per heavy atom. The maximum Gasteiger partial charge on any atom is 0.157 e. The van der Waals surface area contributed by atoms with Crippen LogP contribution >= 0.6 is 0 Å². The molecule has 0 aliphatic carbocycles. The molecule has 2 heterocycles. The molecule has 2 aromatic heterocycles. The summed E-state index contributed by atoms with van der Waals surface area (Å²) in [5, 5.41) is 7.67. The molecule has 108 valence electrons. The molecule has 0 saturated heterocycles. The van der Waals surface area contributed by atoms with Gasteiger partial charge < -0.3 is 11.1 Å². The molecule has 0 atom stereocenters. The van der Waals surface area contributed by atoms with Gasteiger partial charge in [-0.15, -0.1) is 0 Å². The minimum Gasteiger partial charge on any atom is -0.340 e. The lowest BCUT2D eigenvalue weighted by Gasteiger charge is -2.10. The lowest BCUT2D eigenvalue weighted by atomic mass is 10.1. The number of aryl methyl sites for hydroxylation is 2. The third kappa shape index (κ3) is 3.03. The molecule has 0 saturated carbocycles. The second-order valence-electron chi connectivity index (χ2n) is 5.17. The van der Waals surface area contributed by atoms with Gasteiger partial charge in [-0.25, -0.2) is 4.98 Å². The minimum atomic E-state index is 0.717. The van der Waals surface area contributed by atoms with Crippen molar-refractivity contribution in [2.24, 2.45) is 5.73 Å². The van der Waals surface area contributed by atoms with Crippen molar-refractivity contribution >= 4 is 17.2 Å². The van der Waals surface area contributed by atoms with Crippen LogP contribution in [-0.2, 0) is 6.42 Å². The molecule has 0 bridgehead atoms. The number of hydrogen-bond acceptors (Lipinski definition) is 4. The number of aromatic nitrogens is 3. The van der Waals surface area contributed by atoms with Gasteiger partial charge in [0.1, 0.15) is 12.1 Å². The Hall–Kier alpha value is -2.40. The highest BCUT2D eigenvalue weighted by atomic mass is 15.3. The van der Waals surface area contributed by atoms with E-state index in [9.17, 15) is 0 Å². The summed E-state index contributed by atoms with van der Waals surface area (Å²) >= 11 is 0. The molecular formula is C16H19N5. The fourth-order valence-electron chi connectivity index (χ4n) is 2.40. The first-order valence-corrected chi connectivity index (χ1v) is 7.13. The molecule has 3 N–H and O–H groups in total. The summed E-state index contributed by atoms with van der Waals surface area (Å²) in [5.74, 6) is 0.915. The quantitative estimate of drug-likeness (QED) is 0.754. The molecular weight excluding hydrogens is 262 g/mol. The monoisotopic (exact) mass is 281 g/mol. The molecule has 0 amide bonds. The zero-order valence-corrected chi connectivity index (χ0v) is 12.1. The SMILES string of the molecule is Cc1cc(Nc2cccc(CCCN)c2)n2ncnc2c1. The summed E-state index contributed by atoms with van der Waals surface area (Å²) in [6.07, 6.45) is 3.57. The molecule has 5 nitrogen and oxygen atoms in total. The number of pyridine rings is 1. The van der Waals surface area contributed by atoms with E-state index in [-0.39, 0.29) is 0 Å². The van der Waals surface area contributed by atoms with E-state index in [4.69, 9.17) is 5.73 Å². The van der Waals surface area contributed by atoms with Crippen molar-refractivity contribution in [2.75, 3.05) is 11.9 Å². The van der Waals surface area contributed by atoms with E-state index in [0.717, 1.165) is 42.1 Å². The van der Waals surface area contributed by atoms with Crippen LogP contribution in [0.5, 0.6) is 0 Å². The Balaban J connectivity index is 1.89. The van der Waals surface area contributed by atoms with E-state index in [1.165, 1.54) is 5.56 Å². The van der Waals surface area contributed by atoms with Crippen LogP contribution in [0.25, 0.3) is 5.65 Å². The Labute approximate surface area is 123 Å². The van der Waals surface area contributed by atoms with Crippen molar-refractivity contribution in [1.29, 1.82) is 0 Å². The van der Waals surface area contributed by atoms with Crippen LogP contribution in [0, 0.1) is 6.92 Å². The molecule has 21 heavy (non-hydrogen) atoms. The topological polar surface area (TPSA) is 68.2 Å². The molecule has 0 aliphatic rings. The zero-order valence-electron chi connectivity index (χ0n) is 12.1. The summed E-state index contributed by atoms with van der Waals surface area (Å²) < 4.78 is 1.81. The van der Waals surface area contributed by atoms with Gasteiger partial charge in [0.2, 0.25) is 0 Å². The van der Waals surface area contributed by atoms with Crippen LogP contribution in [0.3, 0.4) is 0 Å². The van der Waals surface area contributed by atoms with Crippen molar-refractivity contribution in [3.05, 3.63) is 53.9 Å². The molecule has 5 heteroatoms. The molecule has 0 unspecified atom stereocenters. The van der Waals surface area contributed by atoms with Crippen LogP contribution in [0.2, 0.25) is 0 Å². The molecule has 0 aliphatic heterocycles.